The average Bonchev–Trinajstić information content (AvgIpc) is 2.97. The number of carbonyl (C=O) groups excluding carboxylic acids is 1. The molecule has 0 bridgehead atoms. The highest BCUT2D eigenvalue weighted by molar-refractivity contribution is 6.34. The summed E-state index contributed by atoms with van der Waals surface area (Å²) in [5, 5.41) is 1.10. The maximum absolute atomic E-state index is 14.3. The Hall–Kier alpha value is -4.24. The van der Waals surface area contributed by atoms with Gasteiger partial charge in [0.2, 0.25) is 5.91 Å². The summed E-state index contributed by atoms with van der Waals surface area (Å²) in [5.74, 6) is 0.401. The molecule has 0 spiro atoms. The van der Waals surface area contributed by atoms with Gasteiger partial charge in [-0.3, -0.25) is 9.78 Å². The Balaban J connectivity index is 1.86. The van der Waals surface area contributed by atoms with E-state index in [2.05, 4.69) is 25.3 Å². The van der Waals surface area contributed by atoms with Crippen LogP contribution in [0.1, 0.15) is 44.9 Å². The van der Waals surface area contributed by atoms with Crippen molar-refractivity contribution in [3.8, 4) is 16.9 Å². The van der Waals surface area contributed by atoms with Gasteiger partial charge < -0.3 is 14.7 Å². The molecule has 1 saturated heterocycles. The summed E-state index contributed by atoms with van der Waals surface area (Å²) >= 11 is 6.99. The zero-order valence-electron chi connectivity index (χ0n) is 25.8. The van der Waals surface area contributed by atoms with Crippen molar-refractivity contribution in [3.05, 3.63) is 82.0 Å². The molecule has 224 valence electrons. The highest BCUT2D eigenvalue weighted by Crippen LogP contribution is 2.37. The third kappa shape index (κ3) is 5.38. The zero-order valence-corrected chi connectivity index (χ0v) is 26.6. The summed E-state index contributed by atoms with van der Waals surface area (Å²) in [6, 6.07) is 11.4. The SMILES string of the molecule is C=CC(=O)N1CC(C)N(c2nc(=O)n(-c3c(N(C)C)ccnc3C(C)C)c3nc(-c4ccccc4C)c(Cl)cc23)CC1C. The molecule has 1 aliphatic rings. The van der Waals surface area contributed by atoms with Crippen molar-refractivity contribution in [2.75, 3.05) is 37.0 Å². The molecule has 4 heterocycles. The van der Waals surface area contributed by atoms with Gasteiger partial charge in [0.05, 0.1) is 33.2 Å². The van der Waals surface area contributed by atoms with Crippen molar-refractivity contribution in [3.63, 3.8) is 0 Å². The van der Waals surface area contributed by atoms with Gasteiger partial charge in [0.1, 0.15) is 5.82 Å². The number of rotatable bonds is 6. The summed E-state index contributed by atoms with van der Waals surface area (Å²) in [6.07, 6.45) is 3.10. The molecule has 43 heavy (non-hydrogen) atoms. The van der Waals surface area contributed by atoms with Crippen LogP contribution in [0.4, 0.5) is 11.5 Å². The molecule has 1 aromatic carbocycles. The lowest BCUT2D eigenvalue weighted by Crippen LogP contribution is -2.58. The van der Waals surface area contributed by atoms with Crippen LogP contribution in [0.5, 0.6) is 0 Å². The number of pyridine rings is 2. The predicted octanol–water partition coefficient (Wildman–Crippen LogP) is 5.61. The van der Waals surface area contributed by atoms with Crippen LogP contribution >= 0.6 is 11.6 Å². The number of aromatic nitrogens is 4. The zero-order chi connectivity index (χ0) is 31.2. The number of benzene rings is 1. The standard InChI is InChI=1S/C33H38ClN7O2/c1-9-27(42)39-17-22(6)40(18-21(39)5)31-24-16-25(34)29(23-13-11-10-12-20(23)4)36-32(24)41(33(43)37-31)30-26(38(7)8)14-15-35-28(30)19(2)3/h9-16,19,21-22H,1,17-18H2,2-8H3. The van der Waals surface area contributed by atoms with E-state index in [0.29, 0.717) is 46.3 Å². The van der Waals surface area contributed by atoms with Crippen molar-refractivity contribution >= 4 is 40.0 Å². The number of fused-ring (bicyclic) bond motifs is 1. The molecular weight excluding hydrogens is 562 g/mol. The Morgan fingerprint density at radius 1 is 1.12 bits per heavy atom. The number of amides is 1. The fourth-order valence-corrected chi connectivity index (χ4v) is 6.12. The number of aryl methyl sites for hydroxylation is 1. The van der Waals surface area contributed by atoms with E-state index in [-0.39, 0.29) is 23.9 Å². The first kappa shape index (κ1) is 30.2. The lowest BCUT2D eigenvalue weighted by Gasteiger charge is -2.44. The highest BCUT2D eigenvalue weighted by atomic mass is 35.5. The Labute approximate surface area is 257 Å². The van der Waals surface area contributed by atoms with E-state index in [9.17, 15) is 9.59 Å². The van der Waals surface area contributed by atoms with E-state index in [1.807, 2.05) is 76.2 Å². The molecule has 10 heteroatoms. The van der Waals surface area contributed by atoms with Gasteiger partial charge in [0, 0.05) is 51.0 Å². The minimum absolute atomic E-state index is 0.0241. The molecule has 2 unspecified atom stereocenters. The Morgan fingerprint density at radius 3 is 2.49 bits per heavy atom. The lowest BCUT2D eigenvalue weighted by atomic mass is 10.0. The fraction of sp³-hybridized carbons (Fsp3) is 0.364. The number of carbonyl (C=O) groups is 1. The molecule has 0 saturated carbocycles. The quantitative estimate of drug-likeness (QED) is 0.266. The molecule has 2 atom stereocenters. The molecule has 9 nitrogen and oxygen atoms in total. The van der Waals surface area contributed by atoms with E-state index < -0.39 is 5.69 Å². The van der Waals surface area contributed by atoms with Gasteiger partial charge in [-0.25, -0.2) is 14.3 Å². The first-order chi connectivity index (χ1) is 20.4. The van der Waals surface area contributed by atoms with E-state index in [1.54, 1.807) is 15.7 Å². The Kier molecular flexibility index (Phi) is 8.29. The molecule has 5 rings (SSSR count). The van der Waals surface area contributed by atoms with Gasteiger partial charge in [-0.15, -0.1) is 0 Å². The van der Waals surface area contributed by atoms with Gasteiger partial charge in [0.25, 0.3) is 0 Å². The summed E-state index contributed by atoms with van der Waals surface area (Å²) < 4.78 is 1.58. The Morgan fingerprint density at radius 2 is 1.84 bits per heavy atom. The van der Waals surface area contributed by atoms with Crippen LogP contribution < -0.4 is 15.5 Å². The van der Waals surface area contributed by atoms with Crippen LogP contribution in [0.25, 0.3) is 28.0 Å². The Bertz CT molecular complexity index is 1760. The van der Waals surface area contributed by atoms with Crippen molar-refractivity contribution < 1.29 is 4.79 Å². The second-order valence-corrected chi connectivity index (χ2v) is 12.1. The number of anilines is 2. The van der Waals surface area contributed by atoms with Crippen molar-refractivity contribution in [1.29, 1.82) is 0 Å². The summed E-state index contributed by atoms with van der Waals surface area (Å²) in [4.78, 5) is 47.2. The van der Waals surface area contributed by atoms with Gasteiger partial charge >= 0.3 is 5.69 Å². The first-order valence-electron chi connectivity index (χ1n) is 14.5. The summed E-state index contributed by atoms with van der Waals surface area (Å²) in [5.41, 5.74) is 4.69. The van der Waals surface area contributed by atoms with Crippen molar-refractivity contribution in [2.24, 2.45) is 0 Å². The minimum Gasteiger partial charge on any atom is -0.376 e. The van der Waals surface area contributed by atoms with E-state index in [4.69, 9.17) is 26.6 Å². The summed E-state index contributed by atoms with van der Waals surface area (Å²) in [6.45, 7) is 14.7. The molecule has 4 aromatic rings. The topological polar surface area (TPSA) is 87.5 Å². The van der Waals surface area contributed by atoms with Crippen molar-refractivity contribution in [1.82, 2.24) is 24.4 Å². The van der Waals surface area contributed by atoms with Crippen molar-refractivity contribution in [2.45, 2.75) is 52.6 Å². The molecule has 0 radical (unpaired) electrons. The molecular formula is C33H38ClN7O2. The molecule has 1 fully saturated rings. The highest BCUT2D eigenvalue weighted by Gasteiger charge is 2.34. The largest absolute Gasteiger partial charge is 0.376 e. The van der Waals surface area contributed by atoms with E-state index in [1.165, 1.54) is 6.08 Å². The molecule has 1 amide bonds. The third-order valence-electron chi connectivity index (χ3n) is 8.10. The number of nitrogens with zero attached hydrogens (tertiary/aromatic N) is 7. The van der Waals surface area contributed by atoms with Crippen LogP contribution in [0.2, 0.25) is 5.02 Å². The van der Waals surface area contributed by atoms with Gasteiger partial charge in [-0.2, -0.15) is 4.98 Å². The molecule has 0 N–H and O–H groups in total. The number of halogens is 1. The second kappa shape index (κ2) is 11.8. The number of hydrogen-bond acceptors (Lipinski definition) is 7. The second-order valence-electron chi connectivity index (χ2n) is 11.7. The van der Waals surface area contributed by atoms with E-state index in [0.717, 1.165) is 22.5 Å². The molecule has 0 aliphatic carbocycles. The fourth-order valence-electron chi connectivity index (χ4n) is 5.87. The smallest absolute Gasteiger partial charge is 0.355 e. The summed E-state index contributed by atoms with van der Waals surface area (Å²) in [7, 11) is 3.88. The maximum atomic E-state index is 14.3. The van der Waals surface area contributed by atoms with Crippen LogP contribution in [-0.4, -0.2) is 69.6 Å². The monoisotopic (exact) mass is 599 g/mol. The van der Waals surface area contributed by atoms with Crippen LogP contribution in [0, 0.1) is 6.92 Å². The number of hydrogen-bond donors (Lipinski definition) is 0. The van der Waals surface area contributed by atoms with Gasteiger partial charge in [-0.05, 0) is 50.5 Å². The molecule has 1 aliphatic heterocycles. The maximum Gasteiger partial charge on any atom is 0.355 e. The lowest BCUT2D eigenvalue weighted by molar-refractivity contribution is -0.128. The first-order valence-corrected chi connectivity index (χ1v) is 14.9. The van der Waals surface area contributed by atoms with Gasteiger partial charge in [-0.1, -0.05) is 56.3 Å². The van der Waals surface area contributed by atoms with Crippen LogP contribution in [0.15, 0.2) is 60.0 Å². The minimum atomic E-state index is -0.462. The molecule has 3 aromatic heterocycles. The van der Waals surface area contributed by atoms with Crippen LogP contribution in [0.3, 0.4) is 0 Å². The normalized spacial score (nSPS) is 17.0. The third-order valence-corrected chi connectivity index (χ3v) is 8.39. The van der Waals surface area contributed by atoms with E-state index >= 15 is 0 Å². The van der Waals surface area contributed by atoms with Crippen LogP contribution in [-0.2, 0) is 4.79 Å². The number of piperazine rings is 1. The average molecular weight is 600 g/mol. The van der Waals surface area contributed by atoms with Gasteiger partial charge in [0.15, 0.2) is 5.65 Å². The predicted molar refractivity (Wildman–Crippen MR) is 175 cm³/mol.